The molecule has 1 N–H and O–H groups in total. The van der Waals surface area contributed by atoms with E-state index in [4.69, 9.17) is 0 Å². The number of carbonyl (C=O) groups excluding carboxylic acids is 1. The van der Waals surface area contributed by atoms with Crippen molar-refractivity contribution >= 4 is 11.9 Å². The fraction of sp³-hybridized carbons (Fsp3) is 0.421. The van der Waals surface area contributed by atoms with Gasteiger partial charge in [-0.2, -0.15) is 0 Å². The van der Waals surface area contributed by atoms with Gasteiger partial charge in [0.1, 0.15) is 0 Å². The zero-order chi connectivity index (χ0) is 15.0. The number of carbonyl (C=O) groups is 1. The van der Waals surface area contributed by atoms with Gasteiger partial charge >= 0.3 is 0 Å². The van der Waals surface area contributed by atoms with E-state index in [1.165, 1.54) is 5.57 Å². The molecule has 0 saturated heterocycles. The molecule has 2 nitrogen and oxygen atoms in total. The number of hydrogen-bond acceptors (Lipinski definition) is 2. The molecule has 0 bridgehead atoms. The number of rotatable bonds is 1. The highest BCUT2D eigenvalue weighted by Gasteiger charge is 2.45. The van der Waals surface area contributed by atoms with Crippen molar-refractivity contribution in [1.82, 2.24) is 0 Å². The molecule has 1 aromatic carbocycles. The first-order chi connectivity index (χ1) is 10.0. The van der Waals surface area contributed by atoms with Gasteiger partial charge in [-0.3, -0.25) is 4.79 Å². The Morgan fingerprint density at radius 2 is 2.00 bits per heavy atom. The lowest BCUT2D eigenvalue weighted by atomic mass is 9.61. The maximum Gasteiger partial charge on any atom is 0.184 e. The topological polar surface area (TPSA) is 37.3 Å². The SMILES string of the molecule is CC1=C2CCC[C@H](O)[C@@]2(C)CC(=Cc2ccccc2)C1=O. The molecule has 2 heteroatoms. The van der Waals surface area contributed by atoms with Crippen LogP contribution in [-0.4, -0.2) is 17.0 Å². The molecule has 0 spiro atoms. The predicted molar refractivity (Wildman–Crippen MR) is 84.7 cm³/mol. The first kappa shape index (κ1) is 14.3. The van der Waals surface area contributed by atoms with Crippen molar-refractivity contribution in [3.05, 3.63) is 52.6 Å². The van der Waals surface area contributed by atoms with E-state index in [0.29, 0.717) is 6.42 Å². The number of aliphatic hydroxyl groups is 1. The Kier molecular flexibility index (Phi) is 3.58. The Hall–Kier alpha value is -1.67. The average Bonchev–Trinajstić information content (AvgIpc) is 2.48. The third-order valence-corrected chi connectivity index (χ3v) is 5.11. The van der Waals surface area contributed by atoms with Crippen molar-refractivity contribution in [1.29, 1.82) is 0 Å². The van der Waals surface area contributed by atoms with Crippen LogP contribution >= 0.6 is 0 Å². The highest BCUT2D eigenvalue weighted by Crippen LogP contribution is 2.50. The van der Waals surface area contributed by atoms with Crippen molar-refractivity contribution < 1.29 is 9.90 Å². The van der Waals surface area contributed by atoms with Gasteiger partial charge in [0.25, 0.3) is 0 Å². The van der Waals surface area contributed by atoms with E-state index in [2.05, 4.69) is 6.92 Å². The first-order valence-electron chi connectivity index (χ1n) is 7.71. The van der Waals surface area contributed by atoms with E-state index in [0.717, 1.165) is 36.0 Å². The van der Waals surface area contributed by atoms with Gasteiger partial charge in [0, 0.05) is 11.0 Å². The van der Waals surface area contributed by atoms with E-state index >= 15 is 0 Å². The molecule has 2 atom stereocenters. The molecule has 1 saturated carbocycles. The summed E-state index contributed by atoms with van der Waals surface area (Å²) < 4.78 is 0. The normalized spacial score (nSPS) is 31.5. The van der Waals surface area contributed by atoms with Crippen molar-refractivity contribution in [3.63, 3.8) is 0 Å². The van der Waals surface area contributed by atoms with Crippen LogP contribution in [0.15, 0.2) is 47.1 Å². The largest absolute Gasteiger partial charge is 0.392 e. The summed E-state index contributed by atoms with van der Waals surface area (Å²) in [4.78, 5) is 12.6. The quantitative estimate of drug-likeness (QED) is 0.793. The Morgan fingerprint density at radius 3 is 2.71 bits per heavy atom. The molecule has 0 aliphatic heterocycles. The second-order valence-electron chi connectivity index (χ2n) is 6.52. The minimum absolute atomic E-state index is 0.153. The van der Waals surface area contributed by atoms with Crippen molar-refractivity contribution in [2.75, 3.05) is 0 Å². The lowest BCUT2D eigenvalue weighted by Crippen LogP contribution is -2.42. The molecule has 0 unspecified atom stereocenters. The number of aliphatic hydroxyl groups excluding tert-OH is 1. The minimum atomic E-state index is -0.344. The summed E-state index contributed by atoms with van der Waals surface area (Å²) in [6, 6.07) is 9.94. The van der Waals surface area contributed by atoms with Gasteiger partial charge in [-0.15, -0.1) is 0 Å². The maximum absolute atomic E-state index is 12.6. The highest BCUT2D eigenvalue weighted by atomic mass is 16.3. The molecule has 21 heavy (non-hydrogen) atoms. The Balaban J connectivity index is 2.05. The lowest BCUT2D eigenvalue weighted by Gasteiger charge is -2.45. The number of Topliss-reactive ketones (excluding diaryl/α,β-unsaturated/α-hetero) is 1. The van der Waals surface area contributed by atoms with Crippen molar-refractivity contribution in [2.24, 2.45) is 5.41 Å². The van der Waals surface area contributed by atoms with Crippen LogP contribution in [0.3, 0.4) is 0 Å². The molecule has 0 aromatic heterocycles. The molecule has 110 valence electrons. The van der Waals surface area contributed by atoms with Crippen molar-refractivity contribution in [3.8, 4) is 0 Å². The van der Waals surface area contributed by atoms with Crippen LogP contribution in [0.2, 0.25) is 0 Å². The third kappa shape index (κ3) is 2.38. The van der Waals surface area contributed by atoms with E-state index in [1.54, 1.807) is 0 Å². The summed E-state index contributed by atoms with van der Waals surface area (Å²) in [6.45, 7) is 4.03. The van der Waals surface area contributed by atoms with Gasteiger partial charge in [-0.05, 0) is 49.8 Å². The number of fused-ring (bicyclic) bond motifs is 1. The molecular weight excluding hydrogens is 260 g/mol. The molecule has 0 amide bonds. The Labute approximate surface area is 126 Å². The van der Waals surface area contributed by atoms with Crippen LogP contribution < -0.4 is 0 Å². The van der Waals surface area contributed by atoms with Crippen LogP contribution in [-0.2, 0) is 4.79 Å². The number of hydrogen-bond donors (Lipinski definition) is 1. The number of allylic oxidation sites excluding steroid dienone is 2. The summed E-state index contributed by atoms with van der Waals surface area (Å²) in [5.74, 6) is 0.153. The van der Waals surface area contributed by atoms with Gasteiger partial charge in [0.2, 0.25) is 0 Å². The molecule has 0 heterocycles. The molecule has 2 aliphatic rings. The maximum atomic E-state index is 12.6. The molecule has 1 fully saturated rings. The zero-order valence-corrected chi connectivity index (χ0v) is 12.7. The average molecular weight is 282 g/mol. The van der Waals surface area contributed by atoms with E-state index in [9.17, 15) is 9.90 Å². The van der Waals surface area contributed by atoms with Gasteiger partial charge < -0.3 is 5.11 Å². The molecule has 1 aromatic rings. The van der Waals surface area contributed by atoms with Gasteiger partial charge in [0.15, 0.2) is 5.78 Å². The van der Waals surface area contributed by atoms with Gasteiger partial charge in [0.05, 0.1) is 6.10 Å². The third-order valence-electron chi connectivity index (χ3n) is 5.11. The number of benzene rings is 1. The van der Waals surface area contributed by atoms with Gasteiger partial charge in [-0.1, -0.05) is 42.8 Å². The molecule has 3 rings (SSSR count). The standard InChI is InChI=1S/C19H22O2/c1-13-16-9-6-10-17(20)19(16,2)12-15(18(13)21)11-14-7-4-3-5-8-14/h3-5,7-8,11,17,20H,6,9-10,12H2,1-2H3/t17-,19-/m0/s1. The van der Waals surface area contributed by atoms with E-state index in [1.807, 2.05) is 43.3 Å². The highest BCUT2D eigenvalue weighted by molar-refractivity contribution is 6.12. The Bertz CT molecular complexity index is 624. The van der Waals surface area contributed by atoms with Crippen molar-refractivity contribution in [2.45, 2.75) is 45.6 Å². The zero-order valence-electron chi connectivity index (χ0n) is 12.7. The smallest absolute Gasteiger partial charge is 0.184 e. The summed E-state index contributed by atoms with van der Waals surface area (Å²) in [7, 11) is 0. The Morgan fingerprint density at radius 1 is 1.29 bits per heavy atom. The van der Waals surface area contributed by atoms with E-state index < -0.39 is 0 Å². The van der Waals surface area contributed by atoms with Gasteiger partial charge in [-0.25, -0.2) is 0 Å². The second kappa shape index (κ2) is 5.27. The second-order valence-corrected chi connectivity index (χ2v) is 6.52. The lowest BCUT2D eigenvalue weighted by molar-refractivity contribution is -0.113. The predicted octanol–water partition coefficient (Wildman–Crippen LogP) is 3.91. The fourth-order valence-electron chi connectivity index (χ4n) is 3.84. The summed E-state index contributed by atoms with van der Waals surface area (Å²) in [5, 5.41) is 10.5. The molecule has 2 aliphatic carbocycles. The molecule has 0 radical (unpaired) electrons. The molecular formula is C19H22O2. The number of ketones is 1. The summed E-state index contributed by atoms with van der Waals surface area (Å²) in [6.07, 6.45) is 5.05. The van der Waals surface area contributed by atoms with Crippen LogP contribution in [0.5, 0.6) is 0 Å². The fourth-order valence-corrected chi connectivity index (χ4v) is 3.84. The van der Waals surface area contributed by atoms with Crippen LogP contribution in [0.1, 0.15) is 45.1 Å². The van der Waals surface area contributed by atoms with Crippen LogP contribution in [0.25, 0.3) is 6.08 Å². The summed E-state index contributed by atoms with van der Waals surface area (Å²) in [5.41, 5.74) is 3.63. The minimum Gasteiger partial charge on any atom is -0.392 e. The van der Waals surface area contributed by atoms with Crippen LogP contribution in [0, 0.1) is 5.41 Å². The summed E-state index contributed by atoms with van der Waals surface area (Å²) >= 11 is 0. The monoisotopic (exact) mass is 282 g/mol. The van der Waals surface area contributed by atoms with E-state index in [-0.39, 0.29) is 17.3 Å². The van der Waals surface area contributed by atoms with Crippen LogP contribution in [0.4, 0.5) is 0 Å². The first-order valence-corrected chi connectivity index (χ1v) is 7.71.